The summed E-state index contributed by atoms with van der Waals surface area (Å²) in [7, 11) is -2.97. The van der Waals surface area contributed by atoms with Gasteiger partial charge in [-0.15, -0.1) is 0 Å². The topological polar surface area (TPSA) is 129 Å². The molecule has 2 aromatic carbocycles. The quantitative estimate of drug-likeness (QED) is 0.348. The van der Waals surface area contributed by atoms with Gasteiger partial charge in [-0.25, -0.2) is 13.2 Å². The molecule has 1 heterocycles. The summed E-state index contributed by atoms with van der Waals surface area (Å²) < 4.78 is 28.7. The van der Waals surface area contributed by atoms with Crippen molar-refractivity contribution in [1.29, 1.82) is 5.26 Å². The lowest BCUT2D eigenvalue weighted by Gasteiger charge is -2.28. The zero-order chi connectivity index (χ0) is 29.5. The highest BCUT2D eigenvalue weighted by atomic mass is 32.2. The van der Waals surface area contributed by atoms with Crippen LogP contribution in [0.3, 0.4) is 0 Å². The average Bonchev–Trinajstić information content (AvgIpc) is 2.90. The van der Waals surface area contributed by atoms with Crippen LogP contribution in [0.1, 0.15) is 44.4 Å². The molecule has 1 aliphatic heterocycles. The van der Waals surface area contributed by atoms with Gasteiger partial charge in [0.2, 0.25) is 0 Å². The number of ether oxygens (including phenoxy) is 1. The van der Waals surface area contributed by atoms with Gasteiger partial charge in [-0.3, -0.25) is 4.79 Å². The van der Waals surface area contributed by atoms with E-state index < -0.39 is 33.5 Å². The van der Waals surface area contributed by atoms with Crippen LogP contribution >= 0.6 is 0 Å². The number of amides is 2. The number of anilines is 1. The highest BCUT2D eigenvalue weighted by Crippen LogP contribution is 2.24. The van der Waals surface area contributed by atoms with Crippen molar-refractivity contribution in [2.45, 2.75) is 39.3 Å². The summed E-state index contributed by atoms with van der Waals surface area (Å²) in [5, 5.41) is 15.0. The number of nitrogens with zero attached hydrogens (tertiary/aromatic N) is 2. The van der Waals surface area contributed by atoms with Gasteiger partial charge in [-0.05, 0) is 68.7 Å². The number of carbonyl (C=O) groups excluding carboxylic acids is 2. The maximum Gasteiger partial charge on any atom is 0.408 e. The maximum absolute atomic E-state index is 12.6. The van der Waals surface area contributed by atoms with Crippen molar-refractivity contribution in [2.75, 3.05) is 36.0 Å². The van der Waals surface area contributed by atoms with E-state index in [1.807, 2.05) is 68.1 Å². The summed E-state index contributed by atoms with van der Waals surface area (Å²) in [5.74, 6) is -0.336. The fourth-order valence-electron chi connectivity index (χ4n) is 4.15. The van der Waals surface area contributed by atoms with Gasteiger partial charge >= 0.3 is 6.09 Å². The lowest BCUT2D eigenvalue weighted by Crippen LogP contribution is -2.44. The molecule has 3 rings (SSSR count). The highest BCUT2D eigenvalue weighted by Gasteiger charge is 2.25. The van der Waals surface area contributed by atoms with Gasteiger partial charge in [0.25, 0.3) is 5.91 Å². The molecule has 0 saturated carbocycles. The number of carbonyl (C=O) groups is 2. The summed E-state index contributed by atoms with van der Waals surface area (Å²) in [4.78, 5) is 27.2. The van der Waals surface area contributed by atoms with Gasteiger partial charge in [0.05, 0.1) is 23.6 Å². The van der Waals surface area contributed by atoms with Crippen LogP contribution in [-0.4, -0.2) is 57.7 Å². The minimum atomic E-state index is -2.97. The van der Waals surface area contributed by atoms with Crippen molar-refractivity contribution in [3.63, 3.8) is 0 Å². The van der Waals surface area contributed by atoms with Crippen molar-refractivity contribution in [3.8, 4) is 6.07 Å². The van der Waals surface area contributed by atoms with E-state index >= 15 is 0 Å². The molecule has 1 atom stereocenters. The Morgan fingerprint density at radius 1 is 1.18 bits per heavy atom. The Hall–Kier alpha value is -4.10. The molecular formula is C30H36N4O5S. The molecule has 1 saturated heterocycles. The number of nitriles is 1. The van der Waals surface area contributed by atoms with Gasteiger partial charge in [0, 0.05) is 18.8 Å². The molecule has 0 aromatic heterocycles. The molecule has 2 aromatic rings. The third-order valence-corrected chi connectivity index (χ3v) is 8.24. The van der Waals surface area contributed by atoms with Gasteiger partial charge in [0.15, 0.2) is 9.84 Å². The van der Waals surface area contributed by atoms with Gasteiger partial charge in [0.1, 0.15) is 17.7 Å². The van der Waals surface area contributed by atoms with Crippen molar-refractivity contribution in [3.05, 3.63) is 77.4 Å². The normalized spacial score (nSPS) is 15.9. The summed E-state index contributed by atoms with van der Waals surface area (Å²) in [6.45, 7) is 12.1. The predicted molar refractivity (Wildman–Crippen MR) is 157 cm³/mol. The maximum atomic E-state index is 12.6. The molecular weight excluding hydrogens is 528 g/mol. The number of allylic oxidation sites excluding steroid dienone is 1. The summed E-state index contributed by atoms with van der Waals surface area (Å²) >= 11 is 0. The number of rotatable bonds is 9. The zero-order valence-electron chi connectivity index (χ0n) is 23.4. The number of alkyl carbamates (subject to hydrolysis) is 1. The summed E-state index contributed by atoms with van der Waals surface area (Å²) in [6, 6.07) is 16.9. The second-order valence-corrected chi connectivity index (χ2v) is 12.7. The van der Waals surface area contributed by atoms with Crippen LogP contribution in [0.25, 0.3) is 11.6 Å². The first-order valence-corrected chi connectivity index (χ1v) is 14.8. The van der Waals surface area contributed by atoms with E-state index in [-0.39, 0.29) is 23.6 Å². The van der Waals surface area contributed by atoms with Crippen LogP contribution in [-0.2, 0) is 24.9 Å². The van der Waals surface area contributed by atoms with Crippen LogP contribution in [0.4, 0.5) is 10.5 Å². The molecule has 1 unspecified atom stereocenters. The Bertz CT molecular complexity index is 1430. The molecule has 10 heteroatoms. The molecule has 40 heavy (non-hydrogen) atoms. The van der Waals surface area contributed by atoms with Crippen LogP contribution in [0.2, 0.25) is 0 Å². The molecule has 2 amide bonds. The SMILES string of the molecule is C=C(C)c1cccc(C(C)(C)NC(=O)OC(C)CNC(=O)/C(C#N)=C/c2ccc(N3CCS(=O)(=O)CC3)cc2)c1. The van der Waals surface area contributed by atoms with Crippen LogP contribution in [0.15, 0.2) is 60.7 Å². The van der Waals surface area contributed by atoms with E-state index in [1.165, 1.54) is 6.08 Å². The van der Waals surface area contributed by atoms with Gasteiger partial charge in [-0.2, -0.15) is 5.26 Å². The Morgan fingerprint density at radius 2 is 1.82 bits per heavy atom. The lowest BCUT2D eigenvalue weighted by atomic mass is 9.92. The van der Waals surface area contributed by atoms with Crippen molar-refractivity contribution in [1.82, 2.24) is 10.6 Å². The molecule has 2 N–H and O–H groups in total. The third kappa shape index (κ3) is 8.45. The first-order valence-electron chi connectivity index (χ1n) is 13.0. The fraction of sp³-hybridized carbons (Fsp3) is 0.367. The average molecular weight is 565 g/mol. The largest absolute Gasteiger partial charge is 0.445 e. The van der Waals surface area contributed by atoms with Crippen LogP contribution in [0, 0.1) is 11.3 Å². The van der Waals surface area contributed by atoms with Crippen molar-refractivity contribution >= 4 is 39.2 Å². The molecule has 1 aliphatic rings. The fourth-order valence-corrected chi connectivity index (χ4v) is 5.35. The minimum absolute atomic E-state index is 0.0215. The van der Waals surface area contributed by atoms with E-state index in [4.69, 9.17) is 4.74 Å². The monoisotopic (exact) mass is 564 g/mol. The predicted octanol–water partition coefficient (Wildman–Crippen LogP) is 4.03. The third-order valence-electron chi connectivity index (χ3n) is 6.63. The Kier molecular flexibility index (Phi) is 9.77. The Morgan fingerprint density at radius 3 is 2.42 bits per heavy atom. The van der Waals surface area contributed by atoms with Crippen molar-refractivity contribution in [2.24, 2.45) is 0 Å². The van der Waals surface area contributed by atoms with E-state index in [9.17, 15) is 23.3 Å². The first-order chi connectivity index (χ1) is 18.8. The van der Waals surface area contributed by atoms with Crippen molar-refractivity contribution < 1.29 is 22.7 Å². The van der Waals surface area contributed by atoms with Gasteiger partial charge in [-0.1, -0.05) is 42.5 Å². The molecule has 0 radical (unpaired) electrons. The van der Waals surface area contributed by atoms with E-state index in [0.29, 0.717) is 18.7 Å². The van der Waals surface area contributed by atoms with E-state index in [0.717, 1.165) is 22.4 Å². The van der Waals surface area contributed by atoms with Crippen LogP contribution < -0.4 is 15.5 Å². The molecule has 212 valence electrons. The van der Waals surface area contributed by atoms with Gasteiger partial charge < -0.3 is 20.3 Å². The number of sulfone groups is 1. The summed E-state index contributed by atoms with van der Waals surface area (Å²) in [6.07, 6.45) is 0.198. The minimum Gasteiger partial charge on any atom is -0.445 e. The molecule has 0 aliphatic carbocycles. The standard InChI is InChI=1S/C30H36N4O5S/c1-21(2)24-7-6-8-26(18-24)30(4,5)33-29(36)39-22(3)20-32-28(35)25(19-31)17-23-9-11-27(12-10-23)34-13-15-40(37,38)16-14-34/h6-12,17-18,22H,1,13-16,20H2,2-5H3,(H,32,35)(H,33,36)/b25-17+. The zero-order valence-corrected chi connectivity index (χ0v) is 24.2. The first kappa shape index (κ1) is 30.4. The molecule has 0 bridgehead atoms. The van der Waals surface area contributed by atoms with E-state index in [1.54, 1.807) is 19.1 Å². The summed E-state index contributed by atoms with van der Waals surface area (Å²) in [5.41, 5.74) is 3.54. The lowest BCUT2D eigenvalue weighted by molar-refractivity contribution is -0.117. The Labute approximate surface area is 236 Å². The van der Waals surface area contributed by atoms with Crippen LogP contribution in [0.5, 0.6) is 0 Å². The van der Waals surface area contributed by atoms with E-state index in [2.05, 4.69) is 17.2 Å². The molecule has 9 nitrogen and oxygen atoms in total. The number of hydrogen-bond acceptors (Lipinski definition) is 7. The second kappa shape index (κ2) is 12.8. The molecule has 0 spiro atoms. The number of benzene rings is 2. The molecule has 1 fully saturated rings. The highest BCUT2D eigenvalue weighted by molar-refractivity contribution is 7.91. The number of hydrogen-bond donors (Lipinski definition) is 2. The number of nitrogens with one attached hydrogen (secondary N) is 2. The second-order valence-electron chi connectivity index (χ2n) is 10.4. The smallest absolute Gasteiger partial charge is 0.408 e. The Balaban J connectivity index is 1.52.